The average Bonchev–Trinajstić information content (AvgIpc) is 3.31. The Balaban J connectivity index is 1.53. The number of hydrogen-bond donors (Lipinski definition) is 2. The van der Waals surface area contributed by atoms with Gasteiger partial charge in [0.25, 0.3) is 5.91 Å². The van der Waals surface area contributed by atoms with Crippen molar-refractivity contribution in [3.05, 3.63) is 38.8 Å². The first-order valence-electron chi connectivity index (χ1n) is 7.79. The fourth-order valence-corrected chi connectivity index (χ4v) is 4.50. The second-order valence-corrected chi connectivity index (χ2v) is 9.25. The normalized spacial score (nSPS) is 10.7. The van der Waals surface area contributed by atoms with Crippen LogP contribution in [0.4, 0.5) is 10.3 Å². The summed E-state index contributed by atoms with van der Waals surface area (Å²) in [5.74, 6) is -0.541. The summed E-state index contributed by atoms with van der Waals surface area (Å²) < 4.78 is 0.536. The van der Waals surface area contributed by atoms with E-state index in [4.69, 9.17) is 23.2 Å². The summed E-state index contributed by atoms with van der Waals surface area (Å²) in [6, 6.07) is 4.61. The van der Waals surface area contributed by atoms with E-state index < -0.39 is 5.91 Å². The van der Waals surface area contributed by atoms with Gasteiger partial charge in [-0.1, -0.05) is 64.6 Å². The number of amides is 2. The third-order valence-electron chi connectivity index (χ3n) is 3.14. The fourth-order valence-electron chi connectivity index (χ4n) is 1.88. The van der Waals surface area contributed by atoms with E-state index >= 15 is 0 Å². The molecule has 146 valence electrons. The maximum absolute atomic E-state index is 12.3. The number of hydrogen-bond acceptors (Lipinski definition) is 9. The molecule has 0 radical (unpaired) electrons. The van der Waals surface area contributed by atoms with E-state index in [1.807, 2.05) is 6.92 Å². The van der Waals surface area contributed by atoms with Gasteiger partial charge < -0.3 is 0 Å². The third-order valence-corrected chi connectivity index (χ3v) is 6.66. The van der Waals surface area contributed by atoms with Crippen molar-refractivity contribution >= 4 is 79.7 Å². The van der Waals surface area contributed by atoms with E-state index in [9.17, 15) is 9.59 Å². The lowest BCUT2D eigenvalue weighted by Crippen LogP contribution is -2.13. The highest BCUT2D eigenvalue weighted by Gasteiger charge is 2.15. The Bertz CT molecular complexity index is 1010. The number of thioether (sulfide) groups is 1. The summed E-state index contributed by atoms with van der Waals surface area (Å²) >= 11 is 15.6. The molecule has 0 unspecified atom stereocenters. The Kier molecular flexibility index (Phi) is 7.18. The first kappa shape index (κ1) is 20.9. The van der Waals surface area contributed by atoms with Gasteiger partial charge in [-0.05, 0) is 24.6 Å². The Labute approximate surface area is 182 Å². The molecule has 0 atom stereocenters. The molecule has 0 saturated carbocycles. The number of aromatic nitrogens is 4. The Morgan fingerprint density at radius 1 is 1.07 bits per heavy atom. The van der Waals surface area contributed by atoms with E-state index in [1.54, 1.807) is 12.1 Å². The van der Waals surface area contributed by atoms with Crippen molar-refractivity contribution in [2.24, 2.45) is 0 Å². The summed E-state index contributed by atoms with van der Waals surface area (Å²) in [6.45, 7) is 1.97. The van der Waals surface area contributed by atoms with Gasteiger partial charge in [0.15, 0.2) is 4.34 Å². The van der Waals surface area contributed by atoms with Gasteiger partial charge >= 0.3 is 0 Å². The van der Waals surface area contributed by atoms with Crippen LogP contribution in [0.25, 0.3) is 0 Å². The molecular weight excluding hydrogens is 463 g/mol. The minimum atomic E-state index is -0.444. The van der Waals surface area contributed by atoms with Crippen molar-refractivity contribution in [1.82, 2.24) is 20.4 Å². The smallest absolute Gasteiger partial charge is 0.259 e. The molecule has 2 N–H and O–H groups in total. The molecule has 0 aliphatic heterocycles. The summed E-state index contributed by atoms with van der Waals surface area (Å²) in [5.41, 5.74) is 0.237. The third kappa shape index (κ3) is 5.61. The minimum Gasteiger partial charge on any atom is -0.300 e. The second-order valence-electron chi connectivity index (χ2n) is 5.14. The molecule has 0 aliphatic rings. The largest absolute Gasteiger partial charge is 0.300 e. The van der Waals surface area contributed by atoms with E-state index in [2.05, 4.69) is 31.0 Å². The average molecular weight is 475 g/mol. The highest BCUT2D eigenvalue weighted by Crippen LogP contribution is 2.27. The number of nitrogens with zero attached hydrogens (tertiary/aromatic N) is 4. The van der Waals surface area contributed by atoms with Crippen LogP contribution in [0.1, 0.15) is 22.3 Å². The van der Waals surface area contributed by atoms with E-state index in [1.165, 1.54) is 29.2 Å². The molecule has 13 heteroatoms. The zero-order valence-corrected chi connectivity index (χ0v) is 18.2. The van der Waals surface area contributed by atoms with Crippen LogP contribution in [0.2, 0.25) is 10.0 Å². The number of carbonyl (C=O) groups excluding carboxylic acids is 2. The Hall–Kier alpha value is -1.79. The molecule has 0 aliphatic carbocycles. The topological polar surface area (TPSA) is 110 Å². The van der Waals surface area contributed by atoms with Gasteiger partial charge in [-0.3, -0.25) is 20.2 Å². The fraction of sp³-hybridized carbons (Fsp3) is 0.200. The van der Waals surface area contributed by atoms with Gasteiger partial charge in [0.05, 0.1) is 16.3 Å². The highest BCUT2D eigenvalue weighted by molar-refractivity contribution is 8.01. The monoisotopic (exact) mass is 474 g/mol. The number of anilines is 2. The maximum Gasteiger partial charge on any atom is 0.259 e. The van der Waals surface area contributed by atoms with Crippen molar-refractivity contribution in [3.63, 3.8) is 0 Å². The van der Waals surface area contributed by atoms with E-state index in [0.717, 1.165) is 22.8 Å². The quantitative estimate of drug-likeness (QED) is 0.389. The van der Waals surface area contributed by atoms with Crippen LogP contribution in [-0.2, 0) is 11.2 Å². The SMILES string of the molecule is CCc1nnc(NC(=O)CSc2nnc(NC(=O)c3cc(Cl)ccc3Cl)s2)s1. The number of benzene rings is 1. The standard InChI is InChI=1S/C15H12Cl2N6O2S3/c1-2-11-20-21-13(27-11)18-10(24)6-26-15-23-22-14(28-15)19-12(25)8-5-7(16)3-4-9(8)17/h3-5H,2,6H2,1H3,(H,18,21,24)(H,19,22,25). The van der Waals surface area contributed by atoms with Gasteiger partial charge in [0.2, 0.25) is 16.2 Å². The van der Waals surface area contributed by atoms with Crippen LogP contribution >= 0.6 is 57.6 Å². The van der Waals surface area contributed by atoms with Crippen LogP contribution in [0, 0.1) is 0 Å². The predicted octanol–water partition coefficient (Wildman–Crippen LogP) is 4.24. The summed E-state index contributed by atoms with van der Waals surface area (Å²) in [6.07, 6.45) is 0.766. The number of nitrogens with one attached hydrogen (secondary N) is 2. The van der Waals surface area contributed by atoms with E-state index in [-0.39, 0.29) is 22.2 Å². The Morgan fingerprint density at radius 2 is 1.82 bits per heavy atom. The van der Waals surface area contributed by atoms with Gasteiger partial charge in [0, 0.05) is 5.02 Å². The molecule has 0 saturated heterocycles. The zero-order valence-electron chi connectivity index (χ0n) is 14.2. The van der Waals surface area contributed by atoms with Crippen molar-refractivity contribution in [3.8, 4) is 0 Å². The second kappa shape index (κ2) is 9.61. The van der Waals surface area contributed by atoms with Gasteiger partial charge in [0.1, 0.15) is 5.01 Å². The molecular formula is C15H12Cl2N6O2S3. The lowest BCUT2D eigenvalue weighted by Gasteiger charge is -2.03. The van der Waals surface area contributed by atoms with Crippen molar-refractivity contribution in [1.29, 1.82) is 0 Å². The van der Waals surface area contributed by atoms with Gasteiger partial charge in [-0.2, -0.15) is 0 Å². The first-order valence-corrected chi connectivity index (χ1v) is 11.2. The van der Waals surface area contributed by atoms with Gasteiger partial charge in [-0.25, -0.2) is 0 Å². The summed E-state index contributed by atoms with van der Waals surface area (Å²) in [7, 11) is 0. The van der Waals surface area contributed by atoms with Crippen LogP contribution < -0.4 is 10.6 Å². The molecule has 3 rings (SSSR count). The van der Waals surface area contributed by atoms with Crippen molar-refractivity contribution in [2.75, 3.05) is 16.4 Å². The lowest BCUT2D eigenvalue weighted by molar-refractivity contribution is -0.113. The number of rotatable bonds is 7. The molecule has 0 fully saturated rings. The highest BCUT2D eigenvalue weighted by atomic mass is 35.5. The van der Waals surface area contributed by atoms with Crippen molar-refractivity contribution < 1.29 is 9.59 Å². The maximum atomic E-state index is 12.3. The first-order chi connectivity index (χ1) is 13.4. The van der Waals surface area contributed by atoms with Crippen LogP contribution in [0.3, 0.4) is 0 Å². The Morgan fingerprint density at radius 3 is 2.57 bits per heavy atom. The number of carbonyl (C=O) groups is 2. The molecule has 3 aromatic rings. The number of halogens is 2. The molecule has 0 bridgehead atoms. The molecule has 2 amide bonds. The van der Waals surface area contributed by atoms with Gasteiger partial charge in [-0.15, -0.1) is 20.4 Å². The zero-order chi connectivity index (χ0) is 20.1. The predicted molar refractivity (Wildman–Crippen MR) is 113 cm³/mol. The molecule has 8 nitrogen and oxygen atoms in total. The lowest BCUT2D eigenvalue weighted by atomic mass is 10.2. The number of aryl methyl sites for hydroxylation is 1. The molecule has 28 heavy (non-hydrogen) atoms. The molecule has 0 spiro atoms. The molecule has 1 aromatic carbocycles. The van der Waals surface area contributed by atoms with Crippen LogP contribution in [0.15, 0.2) is 22.5 Å². The van der Waals surface area contributed by atoms with Crippen molar-refractivity contribution in [2.45, 2.75) is 17.7 Å². The molecule has 2 heterocycles. The summed E-state index contributed by atoms with van der Waals surface area (Å²) in [4.78, 5) is 24.3. The van der Waals surface area contributed by atoms with Crippen LogP contribution in [0.5, 0.6) is 0 Å². The summed E-state index contributed by atoms with van der Waals surface area (Å²) in [5, 5.41) is 23.3. The minimum absolute atomic E-state index is 0.129. The van der Waals surface area contributed by atoms with Crippen LogP contribution in [-0.4, -0.2) is 38.0 Å². The van der Waals surface area contributed by atoms with E-state index in [0.29, 0.717) is 19.6 Å². The molecule has 2 aromatic heterocycles.